The molecule has 0 saturated heterocycles. The quantitative estimate of drug-likeness (QED) is 0.761. The fraction of sp³-hybridized carbons (Fsp3) is 0.625. The lowest BCUT2D eigenvalue weighted by Gasteiger charge is -2.15. The van der Waals surface area contributed by atoms with Gasteiger partial charge in [0.2, 0.25) is 0 Å². The highest BCUT2D eigenvalue weighted by Gasteiger charge is 2.11. The average Bonchev–Trinajstić information content (AvgIpc) is 2.40. The molecular formula is C16H27NO3S. The summed E-state index contributed by atoms with van der Waals surface area (Å²) in [5.74, 6) is 1.07. The minimum Gasteiger partial charge on any atom is -0.492 e. The highest BCUT2D eigenvalue weighted by Crippen LogP contribution is 2.22. The number of nitrogens with one attached hydrogen (secondary N) is 1. The van der Waals surface area contributed by atoms with Gasteiger partial charge in [-0.3, -0.25) is 0 Å². The van der Waals surface area contributed by atoms with Gasteiger partial charge in [-0.1, -0.05) is 26.0 Å². The number of aryl methyl sites for hydroxylation is 1. The standard InChI is InChI=1S/C16H27NO3S/c1-5-10-21(18,19)11-9-20-16-8-7-15(12-13(16)3)14(4)17-6-2/h7-8,12,14,17H,5-6,9-11H2,1-4H3. The van der Waals surface area contributed by atoms with E-state index in [9.17, 15) is 8.42 Å². The smallest absolute Gasteiger partial charge is 0.153 e. The van der Waals surface area contributed by atoms with Gasteiger partial charge in [0.05, 0.1) is 11.5 Å². The van der Waals surface area contributed by atoms with E-state index in [1.54, 1.807) is 0 Å². The van der Waals surface area contributed by atoms with E-state index < -0.39 is 9.84 Å². The van der Waals surface area contributed by atoms with Gasteiger partial charge in [0.25, 0.3) is 0 Å². The lowest BCUT2D eigenvalue weighted by molar-refractivity contribution is 0.338. The first-order valence-electron chi connectivity index (χ1n) is 7.56. The van der Waals surface area contributed by atoms with Gasteiger partial charge in [-0.2, -0.15) is 0 Å². The first-order chi connectivity index (χ1) is 9.89. The Morgan fingerprint density at radius 1 is 1.24 bits per heavy atom. The molecule has 0 radical (unpaired) electrons. The fourth-order valence-electron chi connectivity index (χ4n) is 2.22. The molecule has 0 aliphatic heterocycles. The van der Waals surface area contributed by atoms with Crippen LogP contribution >= 0.6 is 0 Å². The Morgan fingerprint density at radius 3 is 2.52 bits per heavy atom. The molecule has 1 N–H and O–H groups in total. The molecule has 0 aliphatic carbocycles. The van der Waals surface area contributed by atoms with Gasteiger partial charge in [-0.25, -0.2) is 8.42 Å². The lowest BCUT2D eigenvalue weighted by Crippen LogP contribution is -2.18. The van der Waals surface area contributed by atoms with Crippen molar-refractivity contribution < 1.29 is 13.2 Å². The van der Waals surface area contributed by atoms with Crippen LogP contribution in [0.5, 0.6) is 5.75 Å². The third kappa shape index (κ3) is 6.06. The summed E-state index contributed by atoms with van der Waals surface area (Å²) in [5.41, 5.74) is 2.24. The Kier molecular flexibility index (Phi) is 7.18. The summed E-state index contributed by atoms with van der Waals surface area (Å²) < 4.78 is 28.9. The molecular weight excluding hydrogens is 286 g/mol. The van der Waals surface area contributed by atoms with Gasteiger partial charge in [0.1, 0.15) is 12.4 Å². The van der Waals surface area contributed by atoms with Gasteiger partial charge < -0.3 is 10.1 Å². The molecule has 0 aromatic heterocycles. The Hall–Kier alpha value is -1.07. The van der Waals surface area contributed by atoms with Crippen molar-refractivity contribution in [2.75, 3.05) is 24.7 Å². The molecule has 0 spiro atoms. The van der Waals surface area contributed by atoms with Crippen LogP contribution in [-0.2, 0) is 9.84 Å². The summed E-state index contributed by atoms with van der Waals surface area (Å²) in [6.07, 6.45) is 0.651. The molecule has 5 heteroatoms. The average molecular weight is 313 g/mol. The van der Waals surface area contributed by atoms with Crippen molar-refractivity contribution in [2.24, 2.45) is 0 Å². The van der Waals surface area contributed by atoms with Crippen LogP contribution in [0.4, 0.5) is 0 Å². The molecule has 21 heavy (non-hydrogen) atoms. The maximum Gasteiger partial charge on any atom is 0.153 e. The van der Waals surface area contributed by atoms with Crippen LogP contribution in [0.1, 0.15) is 44.4 Å². The van der Waals surface area contributed by atoms with Gasteiger partial charge in [0.15, 0.2) is 9.84 Å². The Bertz CT molecular complexity index is 540. The summed E-state index contributed by atoms with van der Waals surface area (Å²) in [6.45, 7) is 9.19. The van der Waals surface area contributed by atoms with E-state index >= 15 is 0 Å². The number of hydrogen-bond donors (Lipinski definition) is 1. The van der Waals surface area contributed by atoms with Crippen molar-refractivity contribution in [1.29, 1.82) is 0 Å². The largest absolute Gasteiger partial charge is 0.492 e. The van der Waals surface area contributed by atoms with Crippen LogP contribution in [0.3, 0.4) is 0 Å². The Morgan fingerprint density at radius 2 is 1.95 bits per heavy atom. The lowest BCUT2D eigenvalue weighted by atomic mass is 10.1. The normalized spacial score (nSPS) is 13.1. The summed E-state index contributed by atoms with van der Waals surface area (Å²) in [4.78, 5) is 0. The third-order valence-electron chi connectivity index (χ3n) is 3.38. The van der Waals surface area contributed by atoms with Crippen LogP contribution in [0.15, 0.2) is 18.2 Å². The summed E-state index contributed by atoms with van der Waals surface area (Å²) in [5, 5.41) is 3.37. The zero-order chi connectivity index (χ0) is 15.9. The van der Waals surface area contributed by atoms with Gasteiger partial charge in [-0.15, -0.1) is 0 Å². The molecule has 1 rings (SSSR count). The van der Waals surface area contributed by atoms with Crippen LogP contribution in [-0.4, -0.2) is 33.1 Å². The molecule has 1 aromatic rings. The molecule has 0 heterocycles. The van der Waals surface area contributed by atoms with E-state index in [4.69, 9.17) is 4.74 Å². The minimum absolute atomic E-state index is 0.0792. The van der Waals surface area contributed by atoms with Crippen molar-refractivity contribution in [2.45, 2.75) is 40.2 Å². The number of sulfone groups is 1. The zero-order valence-electron chi connectivity index (χ0n) is 13.5. The molecule has 120 valence electrons. The highest BCUT2D eigenvalue weighted by molar-refractivity contribution is 7.91. The first kappa shape index (κ1) is 18.0. The Labute approximate surface area is 128 Å². The van der Waals surface area contributed by atoms with Crippen LogP contribution in [0, 0.1) is 6.92 Å². The van der Waals surface area contributed by atoms with Gasteiger partial charge >= 0.3 is 0 Å². The predicted octanol–water partition coefficient (Wildman–Crippen LogP) is 2.87. The van der Waals surface area contributed by atoms with E-state index in [0.29, 0.717) is 12.5 Å². The van der Waals surface area contributed by atoms with Gasteiger partial charge in [-0.05, 0) is 44.0 Å². The highest BCUT2D eigenvalue weighted by atomic mass is 32.2. The maximum atomic E-state index is 11.6. The topological polar surface area (TPSA) is 55.4 Å². The maximum absolute atomic E-state index is 11.6. The molecule has 0 saturated carbocycles. The predicted molar refractivity (Wildman–Crippen MR) is 87.7 cm³/mol. The SMILES string of the molecule is CCCS(=O)(=O)CCOc1ccc(C(C)NCC)cc1C. The molecule has 0 amide bonds. The fourth-order valence-corrected chi connectivity index (χ4v) is 3.38. The second-order valence-corrected chi connectivity index (χ2v) is 7.61. The van der Waals surface area contributed by atoms with Crippen LogP contribution in [0.2, 0.25) is 0 Å². The van der Waals surface area contributed by atoms with E-state index in [1.165, 1.54) is 5.56 Å². The van der Waals surface area contributed by atoms with Crippen molar-refractivity contribution in [3.8, 4) is 5.75 Å². The molecule has 1 aromatic carbocycles. The molecule has 4 nitrogen and oxygen atoms in total. The zero-order valence-corrected chi connectivity index (χ0v) is 14.3. The number of ether oxygens (including phenoxy) is 1. The first-order valence-corrected chi connectivity index (χ1v) is 9.39. The molecule has 0 bridgehead atoms. The van der Waals surface area contributed by atoms with Gasteiger partial charge in [0, 0.05) is 6.04 Å². The molecule has 0 fully saturated rings. The molecule has 0 aliphatic rings. The Balaban J connectivity index is 2.61. The third-order valence-corrected chi connectivity index (χ3v) is 5.20. The van der Waals surface area contributed by atoms with E-state index in [0.717, 1.165) is 17.9 Å². The van der Waals surface area contributed by atoms with Crippen molar-refractivity contribution in [1.82, 2.24) is 5.32 Å². The second-order valence-electron chi connectivity index (χ2n) is 5.30. The molecule has 1 unspecified atom stereocenters. The van der Waals surface area contributed by atoms with E-state index in [-0.39, 0.29) is 18.1 Å². The summed E-state index contributed by atoms with van der Waals surface area (Å²) in [6, 6.07) is 6.33. The van der Waals surface area contributed by atoms with E-state index in [2.05, 4.69) is 25.2 Å². The summed E-state index contributed by atoms with van der Waals surface area (Å²) >= 11 is 0. The van der Waals surface area contributed by atoms with Crippen LogP contribution in [0.25, 0.3) is 0 Å². The molecule has 1 atom stereocenters. The monoisotopic (exact) mass is 313 g/mol. The van der Waals surface area contributed by atoms with E-state index in [1.807, 2.05) is 26.0 Å². The van der Waals surface area contributed by atoms with Crippen molar-refractivity contribution in [3.05, 3.63) is 29.3 Å². The number of rotatable bonds is 9. The minimum atomic E-state index is -2.98. The van der Waals surface area contributed by atoms with Crippen LogP contribution < -0.4 is 10.1 Å². The van der Waals surface area contributed by atoms with Crippen molar-refractivity contribution >= 4 is 9.84 Å². The number of hydrogen-bond acceptors (Lipinski definition) is 4. The second kappa shape index (κ2) is 8.39. The van der Waals surface area contributed by atoms with Crippen molar-refractivity contribution in [3.63, 3.8) is 0 Å². The summed E-state index contributed by atoms with van der Waals surface area (Å²) in [7, 11) is -2.98. The number of benzene rings is 1.